The first-order chi connectivity index (χ1) is 8.13. The topological polar surface area (TPSA) is 76.7 Å². The van der Waals surface area contributed by atoms with Gasteiger partial charge >= 0.3 is 5.97 Å². The van der Waals surface area contributed by atoms with Gasteiger partial charge in [0.2, 0.25) is 5.84 Å². The van der Waals surface area contributed by atoms with Gasteiger partial charge in [-0.2, -0.15) is 5.10 Å². The lowest BCUT2D eigenvalue weighted by atomic mass is 10.2. The number of carbonyl (C=O) groups excluding carboxylic acids is 1. The van der Waals surface area contributed by atoms with Crippen molar-refractivity contribution in [1.82, 2.24) is 5.43 Å². The van der Waals surface area contributed by atoms with Gasteiger partial charge in [-0.3, -0.25) is 0 Å². The molecular formula is C11H14BrN3O2. The summed E-state index contributed by atoms with van der Waals surface area (Å²) in [5.74, 6) is -0.795. The predicted octanol–water partition coefficient (Wildman–Crippen LogP) is 1.37. The van der Waals surface area contributed by atoms with Gasteiger partial charge in [-0.05, 0) is 24.6 Å². The van der Waals surface area contributed by atoms with Gasteiger partial charge in [0, 0.05) is 4.47 Å². The van der Waals surface area contributed by atoms with Gasteiger partial charge in [-0.15, -0.1) is 0 Å². The summed E-state index contributed by atoms with van der Waals surface area (Å²) in [5.41, 5.74) is 9.14. The molecule has 1 rings (SSSR count). The number of nitrogens with one attached hydrogen (secondary N) is 1. The number of esters is 1. The van der Waals surface area contributed by atoms with Gasteiger partial charge in [-0.1, -0.05) is 28.1 Å². The van der Waals surface area contributed by atoms with E-state index in [4.69, 9.17) is 5.73 Å². The van der Waals surface area contributed by atoms with Crippen molar-refractivity contribution in [2.45, 2.75) is 13.5 Å². The maximum Gasteiger partial charge on any atom is 0.375 e. The predicted molar refractivity (Wildman–Crippen MR) is 69.2 cm³/mol. The Bertz CT molecular complexity index is 421. The number of nitrogens with zero attached hydrogens (tertiary/aromatic N) is 1. The number of amidine groups is 1. The molecule has 17 heavy (non-hydrogen) atoms. The van der Waals surface area contributed by atoms with Gasteiger partial charge in [0.1, 0.15) is 0 Å². The summed E-state index contributed by atoms with van der Waals surface area (Å²) >= 11 is 3.36. The molecule has 0 amide bonds. The number of rotatable bonds is 4. The molecule has 0 aliphatic carbocycles. The standard InChI is InChI=1S/C11H14BrN3O2/c1-2-17-11(16)10(13)15-14-7-8-4-3-5-9(12)6-8/h3-6,14H,2,7H2,1H3,(H2,13,15). The highest BCUT2D eigenvalue weighted by molar-refractivity contribution is 9.10. The zero-order valence-corrected chi connectivity index (χ0v) is 11.0. The SMILES string of the molecule is CCOC(=O)C(N)=NNCc1cccc(Br)c1. The molecule has 0 bridgehead atoms. The third-order valence-electron chi connectivity index (χ3n) is 1.86. The van der Waals surface area contributed by atoms with Crippen molar-refractivity contribution in [2.24, 2.45) is 10.8 Å². The monoisotopic (exact) mass is 299 g/mol. The largest absolute Gasteiger partial charge is 0.460 e. The highest BCUT2D eigenvalue weighted by atomic mass is 79.9. The van der Waals surface area contributed by atoms with Gasteiger partial charge < -0.3 is 15.9 Å². The van der Waals surface area contributed by atoms with Crippen LogP contribution in [0.1, 0.15) is 12.5 Å². The number of carbonyl (C=O) groups is 1. The number of hydrogen-bond acceptors (Lipinski definition) is 4. The summed E-state index contributed by atoms with van der Waals surface area (Å²) in [7, 11) is 0. The van der Waals surface area contributed by atoms with Crippen LogP contribution in [0.3, 0.4) is 0 Å². The summed E-state index contributed by atoms with van der Waals surface area (Å²) in [4.78, 5) is 11.1. The van der Waals surface area contributed by atoms with Crippen LogP contribution >= 0.6 is 15.9 Å². The van der Waals surface area contributed by atoms with Gasteiger partial charge in [-0.25, -0.2) is 4.79 Å². The van der Waals surface area contributed by atoms with Gasteiger partial charge in [0.25, 0.3) is 0 Å². The van der Waals surface area contributed by atoms with Gasteiger partial charge in [0.05, 0.1) is 13.2 Å². The zero-order chi connectivity index (χ0) is 12.7. The molecule has 0 saturated heterocycles. The Hall–Kier alpha value is -1.56. The van der Waals surface area contributed by atoms with Crippen molar-refractivity contribution in [2.75, 3.05) is 6.61 Å². The maximum absolute atomic E-state index is 11.1. The lowest BCUT2D eigenvalue weighted by Crippen LogP contribution is -2.28. The summed E-state index contributed by atoms with van der Waals surface area (Å²) in [6.07, 6.45) is 0. The lowest BCUT2D eigenvalue weighted by Gasteiger charge is -2.03. The molecule has 0 saturated carbocycles. The molecule has 1 aromatic rings. The van der Waals surface area contributed by atoms with E-state index in [0.29, 0.717) is 6.54 Å². The van der Waals surface area contributed by atoms with Crippen molar-refractivity contribution in [3.05, 3.63) is 34.3 Å². The fraction of sp³-hybridized carbons (Fsp3) is 0.273. The lowest BCUT2D eigenvalue weighted by molar-refractivity contribution is -0.135. The highest BCUT2D eigenvalue weighted by Crippen LogP contribution is 2.11. The molecular weight excluding hydrogens is 286 g/mol. The summed E-state index contributed by atoms with van der Waals surface area (Å²) in [5, 5.41) is 3.72. The van der Waals surface area contributed by atoms with Crippen molar-refractivity contribution >= 4 is 27.7 Å². The van der Waals surface area contributed by atoms with Crippen molar-refractivity contribution < 1.29 is 9.53 Å². The molecule has 0 radical (unpaired) electrons. The Morgan fingerprint density at radius 3 is 3.00 bits per heavy atom. The molecule has 0 fully saturated rings. The minimum atomic E-state index is -0.616. The fourth-order valence-corrected chi connectivity index (χ4v) is 1.56. The van der Waals surface area contributed by atoms with Crippen LogP contribution in [0.5, 0.6) is 0 Å². The summed E-state index contributed by atoms with van der Waals surface area (Å²) in [6.45, 7) is 2.47. The van der Waals surface area contributed by atoms with Crippen LogP contribution in [0.15, 0.2) is 33.8 Å². The molecule has 0 unspecified atom stereocenters. The van der Waals surface area contributed by atoms with Crippen molar-refractivity contribution in [3.63, 3.8) is 0 Å². The van der Waals surface area contributed by atoms with Gasteiger partial charge in [0.15, 0.2) is 0 Å². The second kappa shape index (κ2) is 6.90. The van der Waals surface area contributed by atoms with Crippen molar-refractivity contribution in [1.29, 1.82) is 0 Å². The summed E-state index contributed by atoms with van der Waals surface area (Å²) in [6, 6.07) is 7.73. The number of benzene rings is 1. The van der Waals surface area contributed by atoms with E-state index < -0.39 is 5.97 Å². The third-order valence-corrected chi connectivity index (χ3v) is 2.35. The fourth-order valence-electron chi connectivity index (χ4n) is 1.11. The van der Waals surface area contributed by atoms with E-state index in [2.05, 4.69) is 31.2 Å². The Labute approximate surface area is 108 Å². The van der Waals surface area contributed by atoms with Crippen LogP contribution in [-0.4, -0.2) is 18.4 Å². The number of ether oxygens (including phenoxy) is 1. The van der Waals surface area contributed by atoms with E-state index in [1.165, 1.54) is 0 Å². The zero-order valence-electron chi connectivity index (χ0n) is 9.44. The molecule has 0 atom stereocenters. The average molecular weight is 300 g/mol. The number of hydrazone groups is 1. The first-order valence-electron chi connectivity index (χ1n) is 5.11. The van der Waals surface area contributed by atoms with E-state index in [1.54, 1.807) is 6.92 Å². The van der Waals surface area contributed by atoms with Crippen LogP contribution in [0.2, 0.25) is 0 Å². The first kappa shape index (κ1) is 13.5. The maximum atomic E-state index is 11.1. The van der Waals surface area contributed by atoms with Crippen LogP contribution in [-0.2, 0) is 16.1 Å². The normalized spacial score (nSPS) is 11.1. The minimum absolute atomic E-state index is 0.179. The van der Waals surface area contributed by atoms with E-state index in [1.807, 2.05) is 24.3 Å². The Kier molecular flexibility index (Phi) is 5.48. The van der Waals surface area contributed by atoms with Crippen LogP contribution in [0.25, 0.3) is 0 Å². The molecule has 92 valence electrons. The minimum Gasteiger partial charge on any atom is -0.460 e. The molecule has 0 heterocycles. The molecule has 5 nitrogen and oxygen atoms in total. The quantitative estimate of drug-likeness (QED) is 0.381. The van der Waals surface area contributed by atoms with E-state index in [0.717, 1.165) is 10.0 Å². The molecule has 6 heteroatoms. The van der Waals surface area contributed by atoms with E-state index in [-0.39, 0.29) is 12.4 Å². The van der Waals surface area contributed by atoms with Crippen LogP contribution in [0, 0.1) is 0 Å². The molecule has 0 aliphatic heterocycles. The average Bonchev–Trinajstić information content (AvgIpc) is 2.29. The van der Waals surface area contributed by atoms with Crippen LogP contribution < -0.4 is 11.2 Å². The molecule has 1 aromatic carbocycles. The second-order valence-electron chi connectivity index (χ2n) is 3.18. The third kappa shape index (κ3) is 4.86. The van der Waals surface area contributed by atoms with Crippen LogP contribution in [0.4, 0.5) is 0 Å². The summed E-state index contributed by atoms with van der Waals surface area (Å²) < 4.78 is 5.67. The number of nitrogens with two attached hydrogens (primary N) is 1. The molecule has 3 N–H and O–H groups in total. The van der Waals surface area contributed by atoms with Crippen molar-refractivity contribution in [3.8, 4) is 0 Å². The second-order valence-corrected chi connectivity index (χ2v) is 4.10. The number of halogens is 1. The molecule has 0 aromatic heterocycles. The first-order valence-corrected chi connectivity index (χ1v) is 5.90. The highest BCUT2D eigenvalue weighted by Gasteiger charge is 2.06. The van der Waals surface area contributed by atoms with E-state index in [9.17, 15) is 4.79 Å². The molecule has 0 aliphatic rings. The smallest absolute Gasteiger partial charge is 0.375 e. The molecule has 0 spiro atoms. The Morgan fingerprint density at radius 2 is 2.35 bits per heavy atom. The number of hydrogen-bond donors (Lipinski definition) is 2. The Morgan fingerprint density at radius 1 is 1.59 bits per heavy atom. The van der Waals surface area contributed by atoms with E-state index >= 15 is 0 Å². The Balaban J connectivity index is 2.46.